The molecule has 0 atom stereocenters. The zero-order valence-electron chi connectivity index (χ0n) is 12.9. The van der Waals surface area contributed by atoms with Gasteiger partial charge in [-0.25, -0.2) is 4.68 Å². The molecule has 3 rings (SSSR count). The van der Waals surface area contributed by atoms with Crippen LogP contribution in [0, 0.1) is 0 Å². The van der Waals surface area contributed by atoms with Crippen molar-refractivity contribution >= 4 is 11.8 Å². The van der Waals surface area contributed by atoms with Crippen molar-refractivity contribution in [2.75, 3.05) is 26.2 Å². The summed E-state index contributed by atoms with van der Waals surface area (Å²) < 4.78 is 6.70. The zero-order chi connectivity index (χ0) is 16.2. The average Bonchev–Trinajstić information content (AvgIpc) is 3.25. The fraction of sp³-hybridized carbons (Fsp3) is 0.500. The third kappa shape index (κ3) is 3.22. The van der Waals surface area contributed by atoms with Gasteiger partial charge < -0.3 is 14.2 Å². The molecule has 2 amide bonds. The van der Waals surface area contributed by atoms with Gasteiger partial charge in [0.1, 0.15) is 18.6 Å². The van der Waals surface area contributed by atoms with Gasteiger partial charge in [0.05, 0.1) is 11.8 Å². The lowest BCUT2D eigenvalue weighted by atomic mass is 10.1. The molecule has 0 spiro atoms. The molecule has 3 heterocycles. The molecule has 0 aromatic carbocycles. The number of aromatic nitrogens is 4. The van der Waals surface area contributed by atoms with Gasteiger partial charge in [0.2, 0.25) is 5.91 Å². The first-order valence-corrected chi connectivity index (χ1v) is 7.53. The maximum absolute atomic E-state index is 12.5. The van der Waals surface area contributed by atoms with Crippen LogP contribution in [0.4, 0.5) is 0 Å². The monoisotopic (exact) mass is 318 g/mol. The number of carbonyl (C=O) groups is 2. The molecule has 0 bridgehead atoms. The van der Waals surface area contributed by atoms with Gasteiger partial charge >= 0.3 is 0 Å². The Labute approximate surface area is 132 Å². The molecular formula is C14H18N6O3. The van der Waals surface area contributed by atoms with E-state index in [4.69, 9.17) is 4.42 Å². The highest BCUT2D eigenvalue weighted by Gasteiger charge is 2.26. The molecule has 23 heavy (non-hydrogen) atoms. The van der Waals surface area contributed by atoms with Crippen molar-refractivity contribution < 1.29 is 14.0 Å². The first-order chi connectivity index (χ1) is 11.2. The molecule has 0 N–H and O–H groups in total. The smallest absolute Gasteiger partial charge is 0.257 e. The van der Waals surface area contributed by atoms with E-state index in [-0.39, 0.29) is 18.4 Å². The summed E-state index contributed by atoms with van der Waals surface area (Å²) in [6, 6.07) is 1.70. The second-order valence-corrected chi connectivity index (χ2v) is 5.29. The molecule has 122 valence electrons. The summed E-state index contributed by atoms with van der Waals surface area (Å²) in [5.41, 5.74) is 0.612. The van der Waals surface area contributed by atoms with Crippen LogP contribution < -0.4 is 0 Å². The highest BCUT2D eigenvalue weighted by molar-refractivity contribution is 5.95. The normalized spacial score (nSPS) is 15.0. The molecule has 1 fully saturated rings. The van der Waals surface area contributed by atoms with Gasteiger partial charge in [0.25, 0.3) is 5.91 Å². The van der Waals surface area contributed by atoms with Crippen LogP contribution in [-0.2, 0) is 17.8 Å². The lowest BCUT2D eigenvalue weighted by Crippen LogP contribution is -2.51. The highest BCUT2D eigenvalue weighted by Crippen LogP contribution is 2.15. The summed E-state index contributed by atoms with van der Waals surface area (Å²) in [5.74, 6) is 0.609. The first kappa shape index (κ1) is 15.2. The Bertz CT molecular complexity index is 673. The Balaban J connectivity index is 1.56. The van der Waals surface area contributed by atoms with Crippen LogP contribution in [0.25, 0.3) is 0 Å². The lowest BCUT2D eigenvalue weighted by Gasteiger charge is -2.34. The van der Waals surface area contributed by atoms with Gasteiger partial charge in [-0.1, -0.05) is 6.92 Å². The van der Waals surface area contributed by atoms with Gasteiger partial charge in [0, 0.05) is 32.6 Å². The maximum Gasteiger partial charge on any atom is 0.257 e. The molecule has 0 radical (unpaired) electrons. The molecule has 0 unspecified atom stereocenters. The Morgan fingerprint density at radius 2 is 1.96 bits per heavy atom. The predicted molar refractivity (Wildman–Crippen MR) is 78.4 cm³/mol. The van der Waals surface area contributed by atoms with E-state index in [0.717, 1.165) is 0 Å². The molecule has 2 aromatic heterocycles. The van der Waals surface area contributed by atoms with Crippen molar-refractivity contribution in [1.29, 1.82) is 0 Å². The Morgan fingerprint density at radius 1 is 1.22 bits per heavy atom. The summed E-state index contributed by atoms with van der Waals surface area (Å²) in [6.45, 7) is 4.09. The van der Waals surface area contributed by atoms with E-state index in [2.05, 4.69) is 15.5 Å². The van der Waals surface area contributed by atoms with Gasteiger partial charge in [-0.15, -0.1) is 5.10 Å². The number of hydrogen-bond donors (Lipinski definition) is 0. The number of rotatable bonds is 4. The van der Waals surface area contributed by atoms with Crippen LogP contribution in [0.2, 0.25) is 0 Å². The fourth-order valence-corrected chi connectivity index (χ4v) is 2.63. The molecule has 1 saturated heterocycles. The summed E-state index contributed by atoms with van der Waals surface area (Å²) in [5, 5.41) is 10.7. The topological polar surface area (TPSA) is 97.4 Å². The van der Waals surface area contributed by atoms with Crippen molar-refractivity contribution in [2.24, 2.45) is 0 Å². The Hall–Kier alpha value is -2.71. The third-order valence-electron chi connectivity index (χ3n) is 3.91. The molecule has 2 aromatic rings. The highest BCUT2D eigenvalue weighted by atomic mass is 16.3. The Morgan fingerprint density at radius 3 is 2.61 bits per heavy atom. The molecular weight excluding hydrogens is 300 g/mol. The number of tetrazole rings is 1. The van der Waals surface area contributed by atoms with Crippen LogP contribution in [0.5, 0.6) is 0 Å². The molecule has 1 aliphatic heterocycles. The fourth-order valence-electron chi connectivity index (χ4n) is 2.63. The predicted octanol–water partition coefficient (Wildman–Crippen LogP) is -0.187. The molecule has 0 aliphatic carbocycles. The summed E-state index contributed by atoms with van der Waals surface area (Å²) in [4.78, 5) is 28.1. The zero-order valence-corrected chi connectivity index (χ0v) is 12.9. The van der Waals surface area contributed by atoms with Crippen molar-refractivity contribution in [3.63, 3.8) is 0 Å². The molecule has 1 aliphatic rings. The van der Waals surface area contributed by atoms with E-state index in [1.165, 1.54) is 17.3 Å². The van der Waals surface area contributed by atoms with E-state index >= 15 is 0 Å². The minimum absolute atomic E-state index is 0.0387. The molecule has 0 saturated carbocycles. The van der Waals surface area contributed by atoms with Gasteiger partial charge in [-0.3, -0.25) is 9.59 Å². The number of aryl methyl sites for hydroxylation is 1. The van der Waals surface area contributed by atoms with Crippen LogP contribution in [0.15, 0.2) is 23.1 Å². The largest absolute Gasteiger partial charge is 0.469 e. The minimum Gasteiger partial charge on any atom is -0.469 e. The lowest BCUT2D eigenvalue weighted by molar-refractivity contribution is -0.133. The Kier molecular flexibility index (Phi) is 4.35. The first-order valence-electron chi connectivity index (χ1n) is 7.53. The third-order valence-corrected chi connectivity index (χ3v) is 3.91. The van der Waals surface area contributed by atoms with Gasteiger partial charge in [-0.2, -0.15) is 0 Å². The van der Waals surface area contributed by atoms with Crippen molar-refractivity contribution in [3.8, 4) is 0 Å². The summed E-state index contributed by atoms with van der Waals surface area (Å²) >= 11 is 0. The second kappa shape index (κ2) is 6.59. The number of carbonyl (C=O) groups excluding carboxylic acids is 2. The van der Waals surface area contributed by atoms with E-state index < -0.39 is 0 Å². The van der Waals surface area contributed by atoms with Crippen molar-refractivity contribution in [1.82, 2.24) is 30.0 Å². The number of furan rings is 1. The number of nitrogens with zero attached hydrogens (tertiary/aromatic N) is 6. The summed E-state index contributed by atoms with van der Waals surface area (Å²) in [7, 11) is 0. The average molecular weight is 318 g/mol. The van der Waals surface area contributed by atoms with Gasteiger partial charge in [-0.05, 0) is 16.5 Å². The van der Waals surface area contributed by atoms with Crippen LogP contribution in [0.1, 0.15) is 23.0 Å². The van der Waals surface area contributed by atoms with Crippen molar-refractivity contribution in [2.45, 2.75) is 19.9 Å². The standard InChI is InChI=1S/C14H18N6O3/c1-2-12-11(3-8-23-12)14(22)19-6-4-18(5-7-19)13(21)9-20-10-15-16-17-20/h3,8,10H,2,4-7,9H2,1H3. The number of hydrogen-bond acceptors (Lipinski definition) is 6. The SMILES string of the molecule is CCc1occc1C(=O)N1CCN(C(=O)Cn2cnnn2)CC1. The van der Waals surface area contributed by atoms with E-state index in [0.29, 0.717) is 43.9 Å². The minimum atomic E-state index is -0.0537. The van der Waals surface area contributed by atoms with Crippen molar-refractivity contribution in [3.05, 3.63) is 30.0 Å². The summed E-state index contributed by atoms with van der Waals surface area (Å²) in [6.07, 6.45) is 3.62. The van der Waals surface area contributed by atoms with Gasteiger partial charge in [0.15, 0.2) is 0 Å². The second-order valence-electron chi connectivity index (χ2n) is 5.29. The van der Waals surface area contributed by atoms with E-state index in [1.807, 2.05) is 6.92 Å². The number of piperazine rings is 1. The number of amides is 2. The maximum atomic E-state index is 12.5. The molecule has 9 nitrogen and oxygen atoms in total. The van der Waals surface area contributed by atoms with Crippen LogP contribution in [0.3, 0.4) is 0 Å². The quantitative estimate of drug-likeness (QED) is 0.775. The molecule has 9 heteroatoms. The van der Waals surface area contributed by atoms with E-state index in [9.17, 15) is 9.59 Å². The van der Waals surface area contributed by atoms with Crippen LogP contribution in [-0.4, -0.2) is 68.0 Å². The van der Waals surface area contributed by atoms with Crippen LogP contribution >= 0.6 is 0 Å². The van der Waals surface area contributed by atoms with E-state index in [1.54, 1.807) is 15.9 Å².